The maximum Gasteiger partial charge on any atom is 0.123 e. The largest absolute Gasteiger partial charge is 0.271 e. The monoisotopic (exact) mass is 292 g/mol. The Balaban J connectivity index is 1.99. The van der Waals surface area contributed by atoms with E-state index < -0.39 is 0 Å². The Morgan fingerprint density at radius 2 is 2.00 bits per heavy atom. The third kappa shape index (κ3) is 4.27. The van der Waals surface area contributed by atoms with E-state index in [9.17, 15) is 4.39 Å². The van der Waals surface area contributed by atoms with Crippen LogP contribution in [0, 0.1) is 24.6 Å². The Morgan fingerprint density at radius 3 is 2.57 bits per heavy atom. The first-order chi connectivity index (χ1) is 10.2. The highest BCUT2D eigenvalue weighted by molar-refractivity contribution is 5.30. The Kier molecular flexibility index (Phi) is 6.19. The number of hydrogen-bond acceptors (Lipinski definition) is 2. The number of hydrogen-bond donors (Lipinski definition) is 2. The van der Waals surface area contributed by atoms with Gasteiger partial charge in [-0.1, -0.05) is 45.1 Å². The van der Waals surface area contributed by atoms with Gasteiger partial charge in [0.05, 0.1) is 0 Å². The summed E-state index contributed by atoms with van der Waals surface area (Å²) in [5, 5.41) is 0. The van der Waals surface area contributed by atoms with Crippen LogP contribution in [0.1, 0.15) is 69.0 Å². The molecule has 0 spiro atoms. The number of unbranched alkanes of at least 4 members (excludes halogenated alkanes) is 1. The third-order valence-corrected chi connectivity index (χ3v) is 5.08. The summed E-state index contributed by atoms with van der Waals surface area (Å²) < 4.78 is 13.3. The van der Waals surface area contributed by atoms with Crippen LogP contribution < -0.4 is 11.3 Å². The summed E-state index contributed by atoms with van der Waals surface area (Å²) in [6.07, 6.45) is 9.08. The lowest BCUT2D eigenvalue weighted by molar-refractivity contribution is 0.213. The molecular formula is C18H29FN2. The van der Waals surface area contributed by atoms with E-state index >= 15 is 0 Å². The zero-order valence-electron chi connectivity index (χ0n) is 13.4. The number of halogens is 1. The van der Waals surface area contributed by atoms with E-state index in [1.807, 2.05) is 13.0 Å². The molecule has 1 aromatic rings. The fourth-order valence-electron chi connectivity index (χ4n) is 3.77. The van der Waals surface area contributed by atoms with Crippen LogP contribution in [-0.4, -0.2) is 0 Å². The number of nitrogens with one attached hydrogen (secondary N) is 1. The maximum absolute atomic E-state index is 13.3. The van der Waals surface area contributed by atoms with Gasteiger partial charge >= 0.3 is 0 Å². The molecule has 21 heavy (non-hydrogen) atoms. The topological polar surface area (TPSA) is 38.0 Å². The van der Waals surface area contributed by atoms with Crippen molar-refractivity contribution in [3.63, 3.8) is 0 Å². The van der Waals surface area contributed by atoms with E-state index in [0.29, 0.717) is 5.92 Å². The summed E-state index contributed by atoms with van der Waals surface area (Å²) in [5.41, 5.74) is 5.12. The summed E-state index contributed by atoms with van der Waals surface area (Å²) in [7, 11) is 0. The fourth-order valence-corrected chi connectivity index (χ4v) is 3.77. The van der Waals surface area contributed by atoms with Crippen LogP contribution in [0.4, 0.5) is 4.39 Å². The van der Waals surface area contributed by atoms with Crippen LogP contribution in [0.5, 0.6) is 0 Å². The molecule has 1 aliphatic carbocycles. The van der Waals surface area contributed by atoms with E-state index in [0.717, 1.165) is 17.0 Å². The van der Waals surface area contributed by atoms with Gasteiger partial charge in [0.25, 0.3) is 0 Å². The zero-order valence-corrected chi connectivity index (χ0v) is 13.4. The number of nitrogens with two attached hydrogens (primary N) is 1. The standard InChI is InChI=1S/C18H29FN2/c1-3-4-5-14-6-8-15(9-7-14)18(21-20)17-11-10-16(19)12-13(17)2/h10-12,14-15,18,21H,3-9,20H2,1-2H3. The summed E-state index contributed by atoms with van der Waals surface area (Å²) in [5.74, 6) is 7.11. The predicted octanol–water partition coefficient (Wildman–Crippen LogP) is 4.64. The molecule has 118 valence electrons. The Morgan fingerprint density at radius 1 is 1.29 bits per heavy atom. The Hall–Kier alpha value is -0.930. The Bertz CT molecular complexity index is 439. The molecule has 3 N–H and O–H groups in total. The SMILES string of the molecule is CCCCC1CCC(C(NN)c2ccc(F)cc2C)CC1. The van der Waals surface area contributed by atoms with Crippen molar-refractivity contribution in [1.29, 1.82) is 0 Å². The van der Waals surface area contributed by atoms with Gasteiger partial charge in [0.2, 0.25) is 0 Å². The lowest BCUT2D eigenvalue weighted by Crippen LogP contribution is -2.35. The van der Waals surface area contributed by atoms with Gasteiger partial charge in [-0.2, -0.15) is 0 Å². The molecule has 1 unspecified atom stereocenters. The number of hydrazine groups is 1. The van der Waals surface area contributed by atoms with Gasteiger partial charge in [-0.25, -0.2) is 4.39 Å². The Labute approximate surface area is 128 Å². The molecular weight excluding hydrogens is 263 g/mol. The molecule has 0 radical (unpaired) electrons. The molecule has 0 saturated heterocycles. The molecule has 0 amide bonds. The summed E-state index contributed by atoms with van der Waals surface area (Å²) in [6.45, 7) is 4.23. The third-order valence-electron chi connectivity index (χ3n) is 5.08. The van der Waals surface area contributed by atoms with Crippen molar-refractivity contribution in [2.45, 2.75) is 64.8 Å². The minimum absolute atomic E-state index is 0.151. The van der Waals surface area contributed by atoms with Crippen molar-refractivity contribution in [3.8, 4) is 0 Å². The van der Waals surface area contributed by atoms with Gasteiger partial charge in [0.1, 0.15) is 5.82 Å². The highest BCUT2D eigenvalue weighted by atomic mass is 19.1. The van der Waals surface area contributed by atoms with Gasteiger partial charge in [-0.3, -0.25) is 11.3 Å². The summed E-state index contributed by atoms with van der Waals surface area (Å²) in [4.78, 5) is 0. The molecule has 0 aliphatic heterocycles. The summed E-state index contributed by atoms with van der Waals surface area (Å²) in [6, 6.07) is 5.18. The van der Waals surface area contributed by atoms with Crippen LogP contribution in [0.15, 0.2) is 18.2 Å². The molecule has 0 heterocycles. The van der Waals surface area contributed by atoms with Gasteiger partial charge in [0.15, 0.2) is 0 Å². The highest BCUT2D eigenvalue weighted by Gasteiger charge is 2.28. The summed E-state index contributed by atoms with van der Waals surface area (Å²) >= 11 is 0. The van der Waals surface area contributed by atoms with Crippen molar-refractivity contribution in [1.82, 2.24) is 5.43 Å². The van der Waals surface area contributed by atoms with E-state index in [2.05, 4.69) is 12.3 Å². The minimum atomic E-state index is -0.171. The van der Waals surface area contributed by atoms with Crippen molar-refractivity contribution in [3.05, 3.63) is 35.1 Å². The van der Waals surface area contributed by atoms with Gasteiger partial charge < -0.3 is 0 Å². The second-order valence-corrected chi connectivity index (χ2v) is 6.57. The molecule has 1 aliphatic rings. The molecule has 3 heteroatoms. The fraction of sp³-hybridized carbons (Fsp3) is 0.667. The molecule has 2 rings (SSSR count). The minimum Gasteiger partial charge on any atom is -0.271 e. The lowest BCUT2D eigenvalue weighted by atomic mass is 9.75. The van der Waals surface area contributed by atoms with E-state index in [1.54, 1.807) is 12.1 Å². The lowest BCUT2D eigenvalue weighted by Gasteiger charge is -2.34. The molecule has 1 saturated carbocycles. The molecule has 1 aromatic carbocycles. The smallest absolute Gasteiger partial charge is 0.123 e. The molecule has 1 fully saturated rings. The van der Waals surface area contributed by atoms with Crippen LogP contribution in [-0.2, 0) is 0 Å². The van der Waals surface area contributed by atoms with Crippen LogP contribution >= 0.6 is 0 Å². The number of benzene rings is 1. The first-order valence-electron chi connectivity index (χ1n) is 8.37. The van der Waals surface area contributed by atoms with Crippen LogP contribution in [0.3, 0.4) is 0 Å². The van der Waals surface area contributed by atoms with Crippen LogP contribution in [0.2, 0.25) is 0 Å². The second kappa shape index (κ2) is 7.90. The van der Waals surface area contributed by atoms with E-state index in [4.69, 9.17) is 5.84 Å². The average Bonchev–Trinajstić information content (AvgIpc) is 2.49. The van der Waals surface area contributed by atoms with Gasteiger partial charge in [-0.15, -0.1) is 0 Å². The first-order valence-corrected chi connectivity index (χ1v) is 8.37. The molecule has 2 nitrogen and oxygen atoms in total. The second-order valence-electron chi connectivity index (χ2n) is 6.57. The number of rotatable bonds is 6. The normalized spacial score (nSPS) is 24.0. The molecule has 0 bridgehead atoms. The molecule has 1 atom stereocenters. The number of aryl methyl sites for hydroxylation is 1. The van der Waals surface area contributed by atoms with Crippen LogP contribution in [0.25, 0.3) is 0 Å². The van der Waals surface area contributed by atoms with Crippen molar-refractivity contribution in [2.24, 2.45) is 17.7 Å². The average molecular weight is 292 g/mol. The van der Waals surface area contributed by atoms with E-state index in [1.165, 1.54) is 44.9 Å². The van der Waals surface area contributed by atoms with Crippen molar-refractivity contribution >= 4 is 0 Å². The maximum atomic E-state index is 13.3. The van der Waals surface area contributed by atoms with Gasteiger partial charge in [-0.05, 0) is 54.9 Å². The van der Waals surface area contributed by atoms with Crippen molar-refractivity contribution in [2.75, 3.05) is 0 Å². The quantitative estimate of drug-likeness (QED) is 0.592. The van der Waals surface area contributed by atoms with Crippen molar-refractivity contribution < 1.29 is 4.39 Å². The predicted molar refractivity (Wildman–Crippen MR) is 86.2 cm³/mol. The zero-order chi connectivity index (χ0) is 15.2. The molecule has 0 aromatic heterocycles. The van der Waals surface area contributed by atoms with E-state index in [-0.39, 0.29) is 11.9 Å². The first kappa shape index (κ1) is 16.4. The highest BCUT2D eigenvalue weighted by Crippen LogP contribution is 2.39. The van der Waals surface area contributed by atoms with Gasteiger partial charge in [0, 0.05) is 6.04 Å².